The zero-order chi connectivity index (χ0) is 26.5. The van der Waals surface area contributed by atoms with Crippen LogP contribution in [0.3, 0.4) is 0 Å². The Morgan fingerprint density at radius 2 is 2.05 bits per heavy atom. The first-order valence-corrected chi connectivity index (χ1v) is 11.8. The molecule has 0 unspecified atom stereocenters. The molecule has 0 aliphatic carbocycles. The molecule has 2 N–H and O–H groups in total. The van der Waals surface area contributed by atoms with Crippen molar-refractivity contribution in [3.63, 3.8) is 0 Å². The Hall–Kier alpha value is -4.26. The highest BCUT2D eigenvalue weighted by molar-refractivity contribution is 6.01. The summed E-state index contributed by atoms with van der Waals surface area (Å²) >= 11 is 0. The summed E-state index contributed by atoms with van der Waals surface area (Å²) < 4.78 is 14.5. The van der Waals surface area contributed by atoms with E-state index >= 15 is 0 Å². The van der Waals surface area contributed by atoms with Crippen LogP contribution in [-0.2, 0) is 23.1 Å². The third kappa shape index (κ3) is 4.77. The lowest BCUT2D eigenvalue weighted by Crippen LogP contribution is -2.36. The van der Waals surface area contributed by atoms with E-state index in [4.69, 9.17) is 14.5 Å². The summed E-state index contributed by atoms with van der Waals surface area (Å²) in [6, 6.07) is 5.26. The second-order valence-electron chi connectivity index (χ2n) is 10.1. The smallest absolute Gasteiger partial charge is 0.415 e. The Kier molecular flexibility index (Phi) is 5.94. The molecule has 2 amide bonds. The minimum atomic E-state index is -0.696. The first-order chi connectivity index (χ1) is 17.5. The van der Waals surface area contributed by atoms with Crippen molar-refractivity contribution in [3.8, 4) is 0 Å². The molecule has 5 rings (SSSR count). The van der Waals surface area contributed by atoms with E-state index in [-0.39, 0.29) is 23.2 Å². The Bertz CT molecular complexity index is 1520. The summed E-state index contributed by atoms with van der Waals surface area (Å²) in [7, 11) is 3.38. The minimum absolute atomic E-state index is 0.257. The van der Waals surface area contributed by atoms with Crippen LogP contribution in [0.4, 0.5) is 22.1 Å². The van der Waals surface area contributed by atoms with E-state index in [0.29, 0.717) is 36.1 Å². The van der Waals surface area contributed by atoms with E-state index in [0.717, 1.165) is 11.1 Å². The monoisotopic (exact) mass is 507 g/mol. The van der Waals surface area contributed by atoms with Crippen LogP contribution in [-0.4, -0.2) is 66.9 Å². The van der Waals surface area contributed by atoms with Gasteiger partial charge in [-0.05, 0) is 45.4 Å². The van der Waals surface area contributed by atoms with Crippen molar-refractivity contribution in [1.29, 1.82) is 0 Å². The number of amides is 2. The van der Waals surface area contributed by atoms with Crippen molar-refractivity contribution in [3.05, 3.63) is 35.5 Å². The molecule has 13 nitrogen and oxygen atoms in total. The molecule has 37 heavy (non-hydrogen) atoms. The number of aryl methyl sites for hydroxylation is 1. The summed E-state index contributed by atoms with van der Waals surface area (Å²) in [6.45, 7) is 7.85. The number of rotatable bonds is 1. The maximum Gasteiger partial charge on any atom is 0.415 e. The maximum absolute atomic E-state index is 13.1. The van der Waals surface area contributed by atoms with Gasteiger partial charge in [0.25, 0.3) is 5.91 Å². The normalized spacial score (nSPS) is 16.4. The molecule has 0 radical (unpaired) electrons. The maximum atomic E-state index is 13.1. The van der Waals surface area contributed by atoms with Crippen LogP contribution < -0.4 is 15.5 Å². The number of carbonyl (C=O) groups excluding carboxylic acids is 2. The van der Waals surface area contributed by atoms with Crippen LogP contribution in [0, 0.1) is 0 Å². The van der Waals surface area contributed by atoms with Crippen molar-refractivity contribution < 1.29 is 19.1 Å². The van der Waals surface area contributed by atoms with Gasteiger partial charge < -0.3 is 20.1 Å². The van der Waals surface area contributed by atoms with Crippen molar-refractivity contribution in [2.24, 2.45) is 7.05 Å². The van der Waals surface area contributed by atoms with Crippen LogP contribution in [0.5, 0.6) is 0 Å². The zero-order valence-electron chi connectivity index (χ0n) is 21.6. The average molecular weight is 508 g/mol. The molecule has 4 aromatic rings. The molecule has 13 heteroatoms. The minimum Gasteiger partial charge on any atom is -0.443 e. The molecule has 1 aliphatic rings. The van der Waals surface area contributed by atoms with E-state index in [1.165, 1.54) is 15.6 Å². The lowest BCUT2D eigenvalue weighted by molar-refractivity contribution is 0.0587. The number of carbonyl (C=O) groups is 2. The number of nitrogens with one attached hydrogen (secondary N) is 2. The van der Waals surface area contributed by atoms with Gasteiger partial charge in [0.15, 0.2) is 5.65 Å². The summed E-state index contributed by atoms with van der Waals surface area (Å²) in [5, 5.41) is 19.0. The molecular weight excluding hydrogens is 478 g/mol. The Morgan fingerprint density at radius 3 is 2.81 bits per heavy atom. The Morgan fingerprint density at radius 1 is 1.27 bits per heavy atom. The highest BCUT2D eigenvalue weighted by Gasteiger charge is 2.26. The van der Waals surface area contributed by atoms with E-state index < -0.39 is 11.7 Å². The molecule has 1 aromatic carbocycles. The van der Waals surface area contributed by atoms with Gasteiger partial charge in [0.1, 0.15) is 33.8 Å². The quantitative estimate of drug-likeness (QED) is 0.398. The molecule has 0 fully saturated rings. The lowest BCUT2D eigenvalue weighted by atomic mass is 10.1. The first-order valence-electron chi connectivity index (χ1n) is 11.8. The zero-order valence-corrected chi connectivity index (χ0v) is 21.6. The molecular formula is C24H29N9O4. The average Bonchev–Trinajstić information content (AvgIpc) is 3.40. The van der Waals surface area contributed by atoms with Gasteiger partial charge in [-0.3, -0.25) is 9.69 Å². The second-order valence-corrected chi connectivity index (χ2v) is 10.1. The first kappa shape index (κ1) is 24.4. The van der Waals surface area contributed by atoms with E-state index in [9.17, 15) is 9.59 Å². The van der Waals surface area contributed by atoms with Crippen LogP contribution >= 0.6 is 0 Å². The molecule has 1 aliphatic heterocycles. The topological polar surface area (TPSA) is 141 Å². The van der Waals surface area contributed by atoms with Gasteiger partial charge in [-0.25, -0.2) is 14.5 Å². The van der Waals surface area contributed by atoms with Gasteiger partial charge in [-0.2, -0.15) is 9.61 Å². The molecule has 0 saturated carbocycles. The van der Waals surface area contributed by atoms with Gasteiger partial charge in [0, 0.05) is 26.2 Å². The molecule has 194 valence electrons. The largest absolute Gasteiger partial charge is 0.443 e. The van der Waals surface area contributed by atoms with Crippen LogP contribution in [0.2, 0.25) is 0 Å². The standard InChI is InChI=1S/C24H29N9O4/c1-13-11-36-12-14-7-16(20-17(8-14)29-30-32(20)6)27-18-9-19(31(5)23(35)37-24(2,3)4)33-21(28-18)15(10-25-33)22(34)26-13/h7-10,13H,11-12H2,1-6H3,(H,26,34)(H,27,28)/t13-/m1/s1. The molecule has 1 atom stereocenters. The van der Waals surface area contributed by atoms with Gasteiger partial charge in [-0.1, -0.05) is 5.21 Å². The predicted molar refractivity (Wildman–Crippen MR) is 136 cm³/mol. The number of nitrogens with zero attached hydrogens (tertiary/aromatic N) is 7. The number of hydrogen-bond acceptors (Lipinski definition) is 9. The molecule has 3 aromatic heterocycles. The number of aromatic nitrogens is 6. The highest BCUT2D eigenvalue weighted by Crippen LogP contribution is 2.30. The fraction of sp³-hybridized carbons (Fsp3) is 0.417. The predicted octanol–water partition coefficient (Wildman–Crippen LogP) is 2.77. The second kappa shape index (κ2) is 9.00. The van der Waals surface area contributed by atoms with Crippen LogP contribution in [0.25, 0.3) is 16.7 Å². The number of ether oxygens (including phenoxy) is 2. The Labute approximate surface area is 212 Å². The summed E-state index contributed by atoms with van der Waals surface area (Å²) in [5.74, 6) is 0.397. The number of fused-ring (bicyclic) bond motifs is 5. The fourth-order valence-corrected chi connectivity index (χ4v) is 4.10. The summed E-state index contributed by atoms with van der Waals surface area (Å²) in [6.07, 6.45) is 0.852. The number of benzene rings is 1. The lowest BCUT2D eigenvalue weighted by Gasteiger charge is -2.25. The van der Waals surface area contributed by atoms with E-state index in [2.05, 4.69) is 26.0 Å². The molecule has 0 spiro atoms. The van der Waals surface area contributed by atoms with Gasteiger partial charge in [-0.15, -0.1) is 5.10 Å². The van der Waals surface area contributed by atoms with E-state index in [1.54, 1.807) is 45.6 Å². The van der Waals surface area contributed by atoms with Crippen molar-refractivity contribution in [1.82, 2.24) is 34.9 Å². The van der Waals surface area contributed by atoms with Crippen molar-refractivity contribution >= 4 is 46.0 Å². The van der Waals surface area contributed by atoms with Crippen molar-refractivity contribution in [2.45, 2.75) is 45.9 Å². The summed E-state index contributed by atoms with van der Waals surface area (Å²) in [4.78, 5) is 32.1. The molecule has 4 heterocycles. The molecule has 0 saturated heterocycles. The number of anilines is 3. The SMILES string of the molecule is C[C@@H]1COCc2cc(c3c(c2)nnn3C)Nc2cc(N(C)C(=O)OC(C)(C)C)n3ncc(c3n2)C(=O)N1. The Balaban J connectivity index is 1.70. The van der Waals surface area contributed by atoms with Gasteiger partial charge >= 0.3 is 6.09 Å². The summed E-state index contributed by atoms with van der Waals surface area (Å²) in [5.41, 5.74) is 2.86. The van der Waals surface area contributed by atoms with Gasteiger partial charge in [0.2, 0.25) is 0 Å². The number of hydrogen-bond donors (Lipinski definition) is 2. The van der Waals surface area contributed by atoms with E-state index in [1.807, 2.05) is 19.1 Å². The fourth-order valence-electron chi connectivity index (χ4n) is 4.10. The third-order valence-corrected chi connectivity index (χ3v) is 5.75. The van der Waals surface area contributed by atoms with Crippen LogP contribution in [0.1, 0.15) is 43.6 Å². The van der Waals surface area contributed by atoms with Crippen LogP contribution in [0.15, 0.2) is 24.4 Å². The van der Waals surface area contributed by atoms with Gasteiger partial charge in [0.05, 0.1) is 25.1 Å². The third-order valence-electron chi connectivity index (χ3n) is 5.75. The molecule has 4 bridgehead atoms. The highest BCUT2D eigenvalue weighted by atomic mass is 16.6. The van der Waals surface area contributed by atoms with Crippen molar-refractivity contribution in [2.75, 3.05) is 23.9 Å².